The first-order chi connectivity index (χ1) is 22.8. The molecule has 2 heterocycles. The topological polar surface area (TPSA) is 69.3 Å². The van der Waals surface area contributed by atoms with E-state index in [2.05, 4.69) is 59.8 Å². The lowest BCUT2D eigenvalue weighted by Gasteiger charge is -2.24. The molecule has 47 heavy (non-hydrogen) atoms. The second-order valence-electron chi connectivity index (χ2n) is 12.8. The summed E-state index contributed by atoms with van der Waals surface area (Å²) in [6, 6.07) is 24.5. The predicted octanol–water partition coefficient (Wildman–Crippen LogP) is 10.2. The maximum absolute atomic E-state index is 12.2. The van der Waals surface area contributed by atoms with Gasteiger partial charge in [0, 0.05) is 45.7 Å². The average Bonchev–Trinajstić information content (AvgIpc) is 3.29. The van der Waals surface area contributed by atoms with Crippen LogP contribution in [0.1, 0.15) is 70.6 Å². The summed E-state index contributed by atoms with van der Waals surface area (Å²) in [4.78, 5) is 12.2. The largest absolute Gasteiger partial charge is 0.497 e. The van der Waals surface area contributed by atoms with Crippen molar-refractivity contribution < 1.29 is 9.53 Å². The number of nitrogens with one attached hydrogen (secondary N) is 1. The molecular formula is C41H40ClN3O2. The average molecular weight is 642 g/mol. The van der Waals surface area contributed by atoms with Crippen molar-refractivity contribution in [2.75, 3.05) is 19.0 Å². The number of fused-ring (bicyclic) bond motifs is 5. The molecule has 3 N–H and O–H groups in total. The van der Waals surface area contributed by atoms with E-state index >= 15 is 0 Å². The number of carbonyl (C=O) groups is 1. The molecule has 238 valence electrons. The van der Waals surface area contributed by atoms with E-state index in [1.807, 2.05) is 48.5 Å². The van der Waals surface area contributed by atoms with Gasteiger partial charge in [-0.3, -0.25) is 4.79 Å². The summed E-state index contributed by atoms with van der Waals surface area (Å²) in [6.07, 6.45) is 10.4. The Kier molecular flexibility index (Phi) is 8.42. The van der Waals surface area contributed by atoms with E-state index in [1.54, 1.807) is 7.11 Å². The summed E-state index contributed by atoms with van der Waals surface area (Å²) >= 11 is 6.20. The normalized spacial score (nSPS) is 14.8. The Bertz CT molecular complexity index is 2050. The van der Waals surface area contributed by atoms with Gasteiger partial charge in [-0.25, -0.2) is 0 Å². The predicted molar refractivity (Wildman–Crippen MR) is 196 cm³/mol. The van der Waals surface area contributed by atoms with Crippen molar-refractivity contribution in [1.82, 2.24) is 4.57 Å². The molecule has 7 rings (SSSR count). The lowest BCUT2D eigenvalue weighted by Crippen LogP contribution is -2.11. The van der Waals surface area contributed by atoms with Gasteiger partial charge in [0.05, 0.1) is 18.5 Å². The minimum absolute atomic E-state index is 0.396. The zero-order chi connectivity index (χ0) is 32.7. The standard InChI is InChI=1S/C41H40ClN3O2/c1-25-10-18-35-39(32(25)17-9-26(2)36-24-31(47-3)16-20-33(36)27-11-14-30(42)15-12-27)44-21-22-45-37-23-29(41(43)46)13-19-34(37)38(40(35)45)28-7-5-4-6-8-28/h9-20,23-24,28,44H,2,4-8,21-22H2,1,3H3,(H2,43,46)/b17-9-. The van der Waals surface area contributed by atoms with E-state index in [4.69, 9.17) is 22.1 Å². The molecule has 0 radical (unpaired) electrons. The number of ether oxygens (including phenoxy) is 1. The fourth-order valence-electron chi connectivity index (χ4n) is 7.55. The lowest BCUT2D eigenvalue weighted by molar-refractivity contribution is 0.100. The lowest BCUT2D eigenvalue weighted by atomic mass is 9.81. The van der Waals surface area contributed by atoms with Crippen LogP contribution in [0.2, 0.25) is 5.02 Å². The Labute approximate surface area is 281 Å². The third-order valence-corrected chi connectivity index (χ3v) is 10.2. The SMILES string of the molecule is C=C(/C=C\c1c(C)ccc2c1NCCn1c-2c(C2CCCCC2)c2ccc(C(N)=O)cc21)c1cc(OC)ccc1-c1ccc(Cl)cc1. The summed E-state index contributed by atoms with van der Waals surface area (Å²) in [6.45, 7) is 8.23. The molecule has 0 spiro atoms. The summed E-state index contributed by atoms with van der Waals surface area (Å²) in [5.74, 6) is 0.862. The van der Waals surface area contributed by atoms with Crippen LogP contribution < -0.4 is 15.8 Å². The molecule has 5 nitrogen and oxygen atoms in total. The Balaban J connectivity index is 1.36. The highest BCUT2D eigenvalue weighted by Gasteiger charge is 2.30. The molecule has 5 aromatic rings. The minimum atomic E-state index is -0.396. The molecule has 2 aliphatic rings. The number of hydrogen-bond donors (Lipinski definition) is 2. The maximum atomic E-state index is 12.2. The van der Waals surface area contributed by atoms with E-state index in [1.165, 1.54) is 59.9 Å². The number of aromatic nitrogens is 1. The summed E-state index contributed by atoms with van der Waals surface area (Å²) in [5.41, 5.74) is 18.7. The number of nitrogens with zero attached hydrogens (tertiary/aromatic N) is 1. The van der Waals surface area contributed by atoms with E-state index in [0.717, 1.165) is 57.9 Å². The number of primary amides is 1. The highest BCUT2D eigenvalue weighted by Crippen LogP contribution is 2.48. The van der Waals surface area contributed by atoms with Gasteiger partial charge in [0.1, 0.15) is 5.75 Å². The zero-order valence-corrected chi connectivity index (χ0v) is 27.8. The zero-order valence-electron chi connectivity index (χ0n) is 27.0. The van der Waals surface area contributed by atoms with Crippen LogP contribution >= 0.6 is 11.6 Å². The van der Waals surface area contributed by atoms with Gasteiger partial charge in [-0.15, -0.1) is 0 Å². The molecular weight excluding hydrogens is 602 g/mol. The first-order valence-electron chi connectivity index (χ1n) is 16.5. The van der Waals surface area contributed by atoms with E-state index in [9.17, 15) is 4.79 Å². The minimum Gasteiger partial charge on any atom is -0.497 e. The number of aryl methyl sites for hydroxylation is 1. The number of allylic oxidation sites excluding steroid dienone is 2. The van der Waals surface area contributed by atoms with Crippen LogP contribution in [0.5, 0.6) is 5.75 Å². The van der Waals surface area contributed by atoms with Crippen molar-refractivity contribution >= 4 is 45.7 Å². The van der Waals surface area contributed by atoms with Crippen molar-refractivity contribution in [2.24, 2.45) is 5.73 Å². The Hall–Kier alpha value is -4.74. The van der Waals surface area contributed by atoms with Crippen LogP contribution in [0.3, 0.4) is 0 Å². The van der Waals surface area contributed by atoms with E-state index in [0.29, 0.717) is 16.5 Å². The van der Waals surface area contributed by atoms with Gasteiger partial charge in [-0.1, -0.05) is 86.0 Å². The number of hydrogen-bond acceptors (Lipinski definition) is 3. The highest BCUT2D eigenvalue weighted by molar-refractivity contribution is 6.30. The van der Waals surface area contributed by atoms with Gasteiger partial charge >= 0.3 is 0 Å². The molecule has 1 aromatic heterocycles. The molecule has 4 aromatic carbocycles. The van der Waals surface area contributed by atoms with Crippen LogP contribution in [0.25, 0.3) is 44.9 Å². The number of benzene rings is 4. The molecule has 0 atom stereocenters. The third-order valence-electron chi connectivity index (χ3n) is 9.94. The summed E-state index contributed by atoms with van der Waals surface area (Å²) in [5, 5.41) is 5.74. The number of carbonyl (C=O) groups excluding carboxylic acids is 1. The number of rotatable bonds is 7. The monoisotopic (exact) mass is 641 g/mol. The van der Waals surface area contributed by atoms with Crippen molar-refractivity contribution in [3.63, 3.8) is 0 Å². The number of halogens is 1. The molecule has 1 aliphatic carbocycles. The molecule has 1 saturated carbocycles. The molecule has 0 saturated heterocycles. The molecule has 0 bridgehead atoms. The first-order valence-corrected chi connectivity index (χ1v) is 16.9. The smallest absolute Gasteiger partial charge is 0.248 e. The van der Waals surface area contributed by atoms with Crippen molar-refractivity contribution in [1.29, 1.82) is 0 Å². The van der Waals surface area contributed by atoms with Gasteiger partial charge in [-0.2, -0.15) is 0 Å². The highest BCUT2D eigenvalue weighted by atomic mass is 35.5. The van der Waals surface area contributed by atoms with E-state index < -0.39 is 5.91 Å². The quantitative estimate of drug-likeness (QED) is 0.174. The van der Waals surface area contributed by atoms with Gasteiger partial charge in [0.15, 0.2) is 0 Å². The Morgan fingerprint density at radius 3 is 2.51 bits per heavy atom. The summed E-state index contributed by atoms with van der Waals surface area (Å²) in [7, 11) is 1.68. The van der Waals surface area contributed by atoms with Crippen LogP contribution in [-0.4, -0.2) is 24.1 Å². The first kappa shape index (κ1) is 30.9. The molecule has 6 heteroatoms. The third kappa shape index (κ3) is 5.74. The van der Waals surface area contributed by atoms with Gasteiger partial charge in [-0.05, 0) is 95.5 Å². The molecule has 1 aliphatic heterocycles. The van der Waals surface area contributed by atoms with Crippen molar-refractivity contribution in [3.8, 4) is 28.1 Å². The summed E-state index contributed by atoms with van der Waals surface area (Å²) < 4.78 is 8.02. The van der Waals surface area contributed by atoms with Crippen LogP contribution in [0.4, 0.5) is 5.69 Å². The van der Waals surface area contributed by atoms with Crippen LogP contribution in [0, 0.1) is 6.92 Å². The second kappa shape index (κ2) is 12.8. The molecule has 0 unspecified atom stereocenters. The number of nitrogens with two attached hydrogens (primary N) is 1. The number of methoxy groups -OCH3 is 1. The number of anilines is 1. The van der Waals surface area contributed by atoms with Gasteiger partial charge in [0.25, 0.3) is 0 Å². The second-order valence-corrected chi connectivity index (χ2v) is 13.2. The molecule has 1 amide bonds. The number of amides is 1. The molecule has 1 fully saturated rings. The van der Waals surface area contributed by atoms with E-state index in [-0.39, 0.29) is 0 Å². The van der Waals surface area contributed by atoms with Crippen LogP contribution in [0.15, 0.2) is 85.5 Å². The van der Waals surface area contributed by atoms with Crippen molar-refractivity contribution in [2.45, 2.75) is 51.5 Å². The van der Waals surface area contributed by atoms with Crippen molar-refractivity contribution in [3.05, 3.63) is 118 Å². The van der Waals surface area contributed by atoms with Gasteiger partial charge in [0.2, 0.25) is 5.91 Å². The van der Waals surface area contributed by atoms with Gasteiger partial charge < -0.3 is 20.4 Å². The fourth-order valence-corrected chi connectivity index (χ4v) is 7.67. The Morgan fingerprint density at radius 2 is 1.77 bits per heavy atom. The Morgan fingerprint density at radius 1 is 1.00 bits per heavy atom. The maximum Gasteiger partial charge on any atom is 0.248 e. The fraction of sp³-hybridized carbons (Fsp3) is 0.244. The van der Waals surface area contributed by atoms with Crippen LogP contribution in [-0.2, 0) is 6.54 Å².